The Labute approximate surface area is 134 Å². The van der Waals surface area contributed by atoms with Gasteiger partial charge in [-0.3, -0.25) is 4.79 Å². The molecule has 1 atom stereocenters. The van der Waals surface area contributed by atoms with E-state index in [4.69, 9.17) is 4.74 Å². The molecule has 0 bridgehead atoms. The lowest BCUT2D eigenvalue weighted by atomic mass is 10.1. The Morgan fingerprint density at radius 1 is 1.45 bits per heavy atom. The van der Waals surface area contributed by atoms with E-state index >= 15 is 0 Å². The van der Waals surface area contributed by atoms with Crippen LogP contribution in [0.15, 0.2) is 22.9 Å². The molecule has 1 amide bonds. The summed E-state index contributed by atoms with van der Waals surface area (Å²) in [7, 11) is 0. The van der Waals surface area contributed by atoms with Crippen molar-refractivity contribution in [3.05, 3.63) is 45.7 Å². The van der Waals surface area contributed by atoms with E-state index < -0.39 is 0 Å². The van der Waals surface area contributed by atoms with Crippen molar-refractivity contribution in [2.45, 2.75) is 26.4 Å². The molecule has 0 N–H and O–H groups in total. The maximum atomic E-state index is 12.4. The van der Waals surface area contributed by atoms with Crippen LogP contribution in [0, 0.1) is 13.8 Å². The Kier molecular flexibility index (Phi) is 4.49. The molecule has 1 saturated heterocycles. The van der Waals surface area contributed by atoms with E-state index in [0.29, 0.717) is 26.1 Å². The highest BCUT2D eigenvalue weighted by Crippen LogP contribution is 2.22. The topological polar surface area (TPSA) is 55.3 Å². The number of carbonyl (C=O) groups is 1. The summed E-state index contributed by atoms with van der Waals surface area (Å²) >= 11 is 1.62. The van der Waals surface area contributed by atoms with Gasteiger partial charge in [-0.2, -0.15) is 11.3 Å². The molecule has 116 valence electrons. The minimum Gasteiger partial charge on any atom is -0.368 e. The third-order valence-electron chi connectivity index (χ3n) is 3.67. The van der Waals surface area contributed by atoms with Crippen LogP contribution < -0.4 is 0 Å². The van der Waals surface area contributed by atoms with Crippen LogP contribution in [0.25, 0.3) is 0 Å². The quantitative estimate of drug-likeness (QED) is 0.871. The lowest BCUT2D eigenvalue weighted by Gasteiger charge is -2.32. The number of thiophene rings is 1. The molecule has 1 aliphatic rings. The van der Waals surface area contributed by atoms with Crippen LogP contribution in [0.2, 0.25) is 0 Å². The summed E-state index contributed by atoms with van der Waals surface area (Å²) in [6.45, 7) is 5.56. The van der Waals surface area contributed by atoms with Crippen molar-refractivity contribution in [1.29, 1.82) is 0 Å². The SMILES string of the molecule is Cc1cc([C@H]2CN(C(=O)Cc3ccsc3)CCO2)nc(C)n1. The molecular weight excluding hydrogens is 298 g/mol. The lowest BCUT2D eigenvalue weighted by molar-refractivity contribution is -0.138. The van der Waals surface area contributed by atoms with Crippen LogP contribution in [0.5, 0.6) is 0 Å². The van der Waals surface area contributed by atoms with Gasteiger partial charge in [-0.05, 0) is 42.3 Å². The molecule has 0 saturated carbocycles. The van der Waals surface area contributed by atoms with E-state index in [1.165, 1.54) is 0 Å². The summed E-state index contributed by atoms with van der Waals surface area (Å²) in [6, 6.07) is 3.93. The molecule has 3 heterocycles. The highest BCUT2D eigenvalue weighted by molar-refractivity contribution is 7.07. The Morgan fingerprint density at radius 2 is 2.32 bits per heavy atom. The number of aromatic nitrogens is 2. The second-order valence-corrected chi connectivity index (χ2v) is 6.27. The first-order valence-corrected chi connectivity index (χ1v) is 8.29. The van der Waals surface area contributed by atoms with Crippen LogP contribution in [-0.4, -0.2) is 40.5 Å². The van der Waals surface area contributed by atoms with E-state index in [0.717, 1.165) is 22.8 Å². The largest absolute Gasteiger partial charge is 0.368 e. The number of hydrogen-bond donors (Lipinski definition) is 0. The van der Waals surface area contributed by atoms with Crippen LogP contribution in [0.1, 0.15) is 28.9 Å². The second-order valence-electron chi connectivity index (χ2n) is 5.49. The van der Waals surface area contributed by atoms with E-state index in [9.17, 15) is 4.79 Å². The highest BCUT2D eigenvalue weighted by Gasteiger charge is 2.26. The Balaban J connectivity index is 1.69. The summed E-state index contributed by atoms with van der Waals surface area (Å²) in [5.41, 5.74) is 2.86. The van der Waals surface area contributed by atoms with E-state index in [2.05, 4.69) is 9.97 Å². The van der Waals surface area contributed by atoms with Gasteiger partial charge in [0.05, 0.1) is 25.3 Å². The third-order valence-corrected chi connectivity index (χ3v) is 4.40. The van der Waals surface area contributed by atoms with Gasteiger partial charge in [0.15, 0.2) is 0 Å². The molecule has 0 unspecified atom stereocenters. The maximum Gasteiger partial charge on any atom is 0.227 e. The molecule has 6 heteroatoms. The molecule has 0 spiro atoms. The van der Waals surface area contributed by atoms with E-state index in [1.807, 2.05) is 41.6 Å². The average Bonchev–Trinajstić information content (AvgIpc) is 2.99. The zero-order valence-electron chi connectivity index (χ0n) is 12.8. The van der Waals surface area contributed by atoms with Gasteiger partial charge in [0.2, 0.25) is 5.91 Å². The normalized spacial score (nSPS) is 18.5. The number of hydrogen-bond acceptors (Lipinski definition) is 5. The molecule has 5 nitrogen and oxygen atoms in total. The molecule has 1 fully saturated rings. The summed E-state index contributed by atoms with van der Waals surface area (Å²) in [4.78, 5) is 23.0. The number of aryl methyl sites for hydroxylation is 2. The zero-order chi connectivity index (χ0) is 15.5. The van der Waals surface area contributed by atoms with Gasteiger partial charge in [0.1, 0.15) is 11.9 Å². The van der Waals surface area contributed by atoms with Gasteiger partial charge in [-0.15, -0.1) is 0 Å². The monoisotopic (exact) mass is 317 g/mol. The molecule has 0 aliphatic carbocycles. The number of rotatable bonds is 3. The summed E-state index contributed by atoms with van der Waals surface area (Å²) < 4.78 is 5.81. The standard InChI is InChI=1S/C16H19N3O2S/c1-11-7-14(18-12(2)17-11)15-9-19(4-5-21-15)16(20)8-13-3-6-22-10-13/h3,6-7,10,15H,4-5,8-9H2,1-2H3/t15-/m1/s1. The molecule has 2 aromatic heterocycles. The van der Waals surface area contributed by atoms with Crippen molar-refractivity contribution >= 4 is 17.2 Å². The first kappa shape index (κ1) is 15.1. The van der Waals surface area contributed by atoms with Gasteiger partial charge < -0.3 is 9.64 Å². The van der Waals surface area contributed by atoms with Gasteiger partial charge in [0.25, 0.3) is 0 Å². The number of amides is 1. The number of ether oxygens (including phenoxy) is 1. The fourth-order valence-electron chi connectivity index (χ4n) is 2.64. The number of carbonyl (C=O) groups excluding carboxylic acids is 1. The number of morpholine rings is 1. The molecule has 0 radical (unpaired) electrons. The molecule has 2 aromatic rings. The van der Waals surface area contributed by atoms with E-state index in [1.54, 1.807) is 11.3 Å². The van der Waals surface area contributed by atoms with Gasteiger partial charge in [-0.25, -0.2) is 9.97 Å². The number of nitrogens with zero attached hydrogens (tertiary/aromatic N) is 3. The first-order valence-electron chi connectivity index (χ1n) is 7.34. The Hall–Kier alpha value is -1.79. The minimum atomic E-state index is -0.166. The lowest BCUT2D eigenvalue weighted by Crippen LogP contribution is -2.43. The van der Waals surface area contributed by atoms with Crippen molar-refractivity contribution in [1.82, 2.24) is 14.9 Å². The third kappa shape index (κ3) is 3.51. The van der Waals surface area contributed by atoms with Crippen LogP contribution in [-0.2, 0) is 16.0 Å². The van der Waals surface area contributed by atoms with Crippen LogP contribution in [0.4, 0.5) is 0 Å². The first-order chi connectivity index (χ1) is 10.6. The van der Waals surface area contributed by atoms with Crippen LogP contribution in [0.3, 0.4) is 0 Å². The van der Waals surface area contributed by atoms with Crippen molar-refractivity contribution in [3.63, 3.8) is 0 Å². The van der Waals surface area contributed by atoms with Gasteiger partial charge in [0, 0.05) is 12.2 Å². The fraction of sp³-hybridized carbons (Fsp3) is 0.438. The second kappa shape index (κ2) is 6.54. The summed E-state index contributed by atoms with van der Waals surface area (Å²) in [5, 5.41) is 4.02. The minimum absolute atomic E-state index is 0.147. The smallest absolute Gasteiger partial charge is 0.227 e. The van der Waals surface area contributed by atoms with Crippen molar-refractivity contribution < 1.29 is 9.53 Å². The Bertz CT molecular complexity index is 637. The van der Waals surface area contributed by atoms with Crippen molar-refractivity contribution in [3.8, 4) is 0 Å². The van der Waals surface area contributed by atoms with Crippen molar-refractivity contribution in [2.75, 3.05) is 19.7 Å². The summed E-state index contributed by atoms with van der Waals surface area (Å²) in [6.07, 6.45) is 0.290. The van der Waals surface area contributed by atoms with Gasteiger partial charge >= 0.3 is 0 Å². The molecule has 0 aromatic carbocycles. The molecule has 3 rings (SSSR count). The van der Waals surface area contributed by atoms with Crippen LogP contribution >= 0.6 is 11.3 Å². The highest BCUT2D eigenvalue weighted by atomic mass is 32.1. The zero-order valence-corrected chi connectivity index (χ0v) is 13.6. The molecule has 1 aliphatic heterocycles. The van der Waals surface area contributed by atoms with E-state index in [-0.39, 0.29) is 12.0 Å². The molecule has 22 heavy (non-hydrogen) atoms. The summed E-state index contributed by atoms with van der Waals surface area (Å²) in [5.74, 6) is 0.884. The predicted octanol–water partition coefficient (Wildman–Crippen LogP) is 2.30. The average molecular weight is 317 g/mol. The molecular formula is C16H19N3O2S. The van der Waals surface area contributed by atoms with Crippen molar-refractivity contribution in [2.24, 2.45) is 0 Å². The predicted molar refractivity (Wildman–Crippen MR) is 84.8 cm³/mol. The maximum absolute atomic E-state index is 12.4. The van der Waals surface area contributed by atoms with Gasteiger partial charge in [-0.1, -0.05) is 0 Å². The fourth-order valence-corrected chi connectivity index (χ4v) is 3.31. The Morgan fingerprint density at radius 3 is 3.05 bits per heavy atom.